The fraction of sp³-hybridized carbons (Fsp3) is 0.217. The second kappa shape index (κ2) is 9.04. The smallest absolute Gasteiger partial charge is 0.277 e. The van der Waals surface area contributed by atoms with Gasteiger partial charge in [-0.25, -0.2) is 5.43 Å². The summed E-state index contributed by atoms with van der Waals surface area (Å²) < 4.78 is 11.1. The maximum Gasteiger partial charge on any atom is 0.277 e. The highest BCUT2D eigenvalue weighted by Gasteiger charge is 2.09. The molecule has 0 atom stereocenters. The SMILES string of the molecule is COc1ccc2ccccc2c1C=NNC(=O)COc1ccccc1C(C)C. The topological polar surface area (TPSA) is 59.9 Å². The van der Waals surface area contributed by atoms with Crippen LogP contribution < -0.4 is 14.9 Å². The standard InChI is InChI=1S/C23H24N2O3/c1-16(2)18-9-6-7-11-22(18)28-15-23(26)25-24-14-20-19-10-5-4-8-17(19)12-13-21(20)27-3/h4-14,16H,15H2,1-3H3,(H,25,26). The molecule has 5 nitrogen and oxygen atoms in total. The van der Waals surface area contributed by atoms with Crippen LogP contribution in [0, 0.1) is 0 Å². The van der Waals surface area contributed by atoms with E-state index in [0.29, 0.717) is 17.4 Å². The van der Waals surface area contributed by atoms with Gasteiger partial charge in [-0.2, -0.15) is 5.10 Å². The molecule has 3 aromatic carbocycles. The van der Waals surface area contributed by atoms with Gasteiger partial charge in [-0.05, 0) is 34.4 Å². The third-order valence-corrected chi connectivity index (χ3v) is 4.43. The minimum absolute atomic E-state index is 0.103. The number of ether oxygens (including phenoxy) is 2. The van der Waals surface area contributed by atoms with Crippen molar-refractivity contribution >= 4 is 22.9 Å². The van der Waals surface area contributed by atoms with Crippen LogP contribution in [0.25, 0.3) is 10.8 Å². The van der Waals surface area contributed by atoms with Crippen LogP contribution in [0.5, 0.6) is 11.5 Å². The molecule has 1 N–H and O–H groups in total. The molecule has 0 aromatic heterocycles. The summed E-state index contributed by atoms with van der Waals surface area (Å²) in [5, 5.41) is 6.16. The number of nitrogens with zero attached hydrogens (tertiary/aromatic N) is 1. The number of hydrogen-bond donors (Lipinski definition) is 1. The van der Waals surface area contributed by atoms with Gasteiger partial charge < -0.3 is 9.47 Å². The Morgan fingerprint density at radius 3 is 2.57 bits per heavy atom. The molecular weight excluding hydrogens is 352 g/mol. The van der Waals surface area contributed by atoms with Crippen molar-refractivity contribution in [3.8, 4) is 11.5 Å². The minimum atomic E-state index is -0.325. The molecule has 0 heterocycles. The van der Waals surface area contributed by atoms with Gasteiger partial charge in [0.05, 0.1) is 13.3 Å². The van der Waals surface area contributed by atoms with Crippen molar-refractivity contribution in [2.45, 2.75) is 19.8 Å². The third-order valence-electron chi connectivity index (χ3n) is 4.43. The number of hydrazone groups is 1. The van der Waals surface area contributed by atoms with Crippen molar-refractivity contribution in [3.05, 3.63) is 71.8 Å². The first kappa shape index (κ1) is 19.4. The largest absolute Gasteiger partial charge is 0.496 e. The van der Waals surface area contributed by atoms with Gasteiger partial charge in [-0.15, -0.1) is 0 Å². The van der Waals surface area contributed by atoms with E-state index in [0.717, 1.165) is 21.9 Å². The van der Waals surface area contributed by atoms with Crippen LogP contribution in [0.3, 0.4) is 0 Å². The average molecular weight is 376 g/mol. The first-order valence-electron chi connectivity index (χ1n) is 9.19. The number of para-hydroxylation sites is 1. The van der Waals surface area contributed by atoms with E-state index in [-0.39, 0.29) is 12.5 Å². The van der Waals surface area contributed by atoms with Gasteiger partial charge in [-0.1, -0.05) is 62.4 Å². The Morgan fingerprint density at radius 2 is 1.79 bits per heavy atom. The number of nitrogens with one attached hydrogen (secondary N) is 1. The lowest BCUT2D eigenvalue weighted by molar-refractivity contribution is -0.123. The van der Waals surface area contributed by atoms with Crippen LogP contribution in [0.2, 0.25) is 0 Å². The summed E-state index contributed by atoms with van der Waals surface area (Å²) in [6.07, 6.45) is 1.60. The van der Waals surface area contributed by atoms with Crippen molar-refractivity contribution in [2.75, 3.05) is 13.7 Å². The van der Waals surface area contributed by atoms with E-state index in [1.54, 1.807) is 13.3 Å². The molecule has 5 heteroatoms. The molecule has 1 amide bonds. The van der Waals surface area contributed by atoms with Crippen molar-refractivity contribution in [1.82, 2.24) is 5.43 Å². The average Bonchev–Trinajstić information content (AvgIpc) is 2.72. The molecule has 144 valence electrons. The number of carbonyl (C=O) groups excluding carboxylic acids is 1. The molecule has 28 heavy (non-hydrogen) atoms. The molecule has 0 unspecified atom stereocenters. The highest BCUT2D eigenvalue weighted by molar-refractivity contribution is 6.02. The van der Waals surface area contributed by atoms with Crippen LogP contribution in [0.4, 0.5) is 0 Å². The Hall–Kier alpha value is -3.34. The fourth-order valence-corrected chi connectivity index (χ4v) is 3.02. The lowest BCUT2D eigenvalue weighted by Gasteiger charge is -2.13. The maximum absolute atomic E-state index is 12.1. The Morgan fingerprint density at radius 1 is 1.04 bits per heavy atom. The summed E-state index contributed by atoms with van der Waals surface area (Å²) >= 11 is 0. The Kier molecular flexibility index (Phi) is 6.27. The summed E-state index contributed by atoms with van der Waals surface area (Å²) in [6.45, 7) is 4.07. The summed E-state index contributed by atoms with van der Waals surface area (Å²) in [6, 6.07) is 19.5. The predicted molar refractivity (Wildman–Crippen MR) is 112 cm³/mol. The molecule has 0 radical (unpaired) electrons. The summed E-state index contributed by atoms with van der Waals surface area (Å²) in [5.74, 6) is 1.40. The molecule has 0 bridgehead atoms. The predicted octanol–water partition coefficient (Wildman–Crippen LogP) is 4.50. The lowest BCUT2D eigenvalue weighted by Crippen LogP contribution is -2.25. The van der Waals surface area contributed by atoms with Gasteiger partial charge >= 0.3 is 0 Å². The van der Waals surface area contributed by atoms with Gasteiger partial charge in [0.15, 0.2) is 6.61 Å². The van der Waals surface area contributed by atoms with Crippen LogP contribution in [-0.2, 0) is 4.79 Å². The number of amides is 1. The first-order chi connectivity index (χ1) is 13.6. The molecule has 0 spiro atoms. The molecular formula is C23H24N2O3. The lowest BCUT2D eigenvalue weighted by atomic mass is 10.0. The van der Waals surface area contributed by atoms with E-state index in [2.05, 4.69) is 24.4 Å². The van der Waals surface area contributed by atoms with E-state index >= 15 is 0 Å². The molecule has 0 saturated heterocycles. The monoisotopic (exact) mass is 376 g/mol. The summed E-state index contributed by atoms with van der Waals surface area (Å²) in [4.78, 5) is 12.1. The summed E-state index contributed by atoms with van der Waals surface area (Å²) in [5.41, 5.74) is 4.40. The van der Waals surface area contributed by atoms with E-state index in [1.807, 2.05) is 60.7 Å². The zero-order valence-corrected chi connectivity index (χ0v) is 16.3. The molecule has 0 aliphatic rings. The Balaban J connectivity index is 1.67. The van der Waals surface area contributed by atoms with Crippen molar-refractivity contribution in [2.24, 2.45) is 5.10 Å². The van der Waals surface area contributed by atoms with Crippen LogP contribution in [0.1, 0.15) is 30.9 Å². The van der Waals surface area contributed by atoms with Crippen LogP contribution >= 0.6 is 0 Å². The highest BCUT2D eigenvalue weighted by Crippen LogP contribution is 2.27. The number of benzene rings is 3. The number of fused-ring (bicyclic) bond motifs is 1. The van der Waals surface area contributed by atoms with Gasteiger partial charge in [0, 0.05) is 5.56 Å². The fourth-order valence-electron chi connectivity index (χ4n) is 3.02. The molecule has 0 aliphatic heterocycles. The molecule has 0 saturated carbocycles. The number of hydrogen-bond acceptors (Lipinski definition) is 4. The van der Waals surface area contributed by atoms with E-state index in [9.17, 15) is 4.79 Å². The number of rotatable bonds is 7. The second-order valence-electron chi connectivity index (χ2n) is 6.68. The van der Waals surface area contributed by atoms with Crippen molar-refractivity contribution in [1.29, 1.82) is 0 Å². The third kappa shape index (κ3) is 4.49. The zero-order chi connectivity index (χ0) is 19.9. The number of methoxy groups -OCH3 is 1. The zero-order valence-electron chi connectivity index (χ0n) is 16.3. The molecule has 0 aliphatic carbocycles. The second-order valence-corrected chi connectivity index (χ2v) is 6.68. The normalized spacial score (nSPS) is 11.1. The Bertz CT molecular complexity index is 996. The molecule has 3 rings (SSSR count). The highest BCUT2D eigenvalue weighted by atomic mass is 16.5. The van der Waals surface area contributed by atoms with Crippen molar-refractivity contribution < 1.29 is 14.3 Å². The van der Waals surface area contributed by atoms with Crippen LogP contribution in [-0.4, -0.2) is 25.8 Å². The van der Waals surface area contributed by atoms with Gasteiger partial charge in [0.2, 0.25) is 0 Å². The van der Waals surface area contributed by atoms with Crippen LogP contribution in [0.15, 0.2) is 65.8 Å². The first-order valence-corrected chi connectivity index (χ1v) is 9.19. The van der Waals surface area contributed by atoms with Crippen molar-refractivity contribution in [3.63, 3.8) is 0 Å². The maximum atomic E-state index is 12.1. The Labute approximate surface area is 165 Å². The number of carbonyl (C=O) groups is 1. The van der Waals surface area contributed by atoms with E-state index < -0.39 is 0 Å². The van der Waals surface area contributed by atoms with E-state index in [1.165, 1.54) is 0 Å². The molecule has 3 aromatic rings. The molecule has 0 fully saturated rings. The quantitative estimate of drug-likeness (QED) is 0.488. The van der Waals surface area contributed by atoms with Gasteiger partial charge in [-0.3, -0.25) is 4.79 Å². The van der Waals surface area contributed by atoms with Gasteiger partial charge in [0.1, 0.15) is 11.5 Å². The van der Waals surface area contributed by atoms with E-state index in [4.69, 9.17) is 9.47 Å². The summed E-state index contributed by atoms with van der Waals surface area (Å²) in [7, 11) is 1.61. The minimum Gasteiger partial charge on any atom is -0.496 e. The van der Waals surface area contributed by atoms with Gasteiger partial charge in [0.25, 0.3) is 5.91 Å².